The van der Waals surface area contributed by atoms with Crippen molar-refractivity contribution in [2.45, 2.75) is 13.8 Å². The summed E-state index contributed by atoms with van der Waals surface area (Å²) in [5, 5.41) is 1.26. The van der Waals surface area contributed by atoms with Crippen LogP contribution in [0.2, 0.25) is 5.02 Å². The molecule has 1 N–H and O–H groups in total. The van der Waals surface area contributed by atoms with E-state index in [9.17, 15) is 4.79 Å². The number of pyridine rings is 2. The van der Waals surface area contributed by atoms with Gasteiger partial charge < -0.3 is 4.98 Å². The second-order valence-corrected chi connectivity index (χ2v) is 6.47. The summed E-state index contributed by atoms with van der Waals surface area (Å²) in [6.45, 7) is 3.73. The number of halogens is 1. The maximum atomic E-state index is 12.5. The summed E-state index contributed by atoms with van der Waals surface area (Å²) < 4.78 is 0. The van der Waals surface area contributed by atoms with Crippen molar-refractivity contribution in [3.05, 3.63) is 75.7 Å². The number of aromatic nitrogens is 4. The fraction of sp³-hybridized carbons (Fsp3) is 0.100. The lowest BCUT2D eigenvalue weighted by molar-refractivity contribution is 1.07. The summed E-state index contributed by atoms with van der Waals surface area (Å²) in [4.78, 5) is 28.1. The molecular weight excluding hydrogens is 348 g/mol. The van der Waals surface area contributed by atoms with Gasteiger partial charge in [-0.1, -0.05) is 29.8 Å². The van der Waals surface area contributed by atoms with Crippen molar-refractivity contribution in [1.82, 2.24) is 19.9 Å². The average molecular weight is 363 g/mol. The summed E-state index contributed by atoms with van der Waals surface area (Å²) in [7, 11) is 0. The first-order valence-corrected chi connectivity index (χ1v) is 8.49. The van der Waals surface area contributed by atoms with Gasteiger partial charge in [0, 0.05) is 45.2 Å². The molecule has 5 nitrogen and oxygen atoms in total. The van der Waals surface area contributed by atoms with E-state index in [1.165, 1.54) is 0 Å². The minimum atomic E-state index is -0.234. The Morgan fingerprint density at radius 1 is 1.00 bits per heavy atom. The molecule has 3 aromatic heterocycles. The molecule has 0 bridgehead atoms. The predicted molar refractivity (Wildman–Crippen MR) is 103 cm³/mol. The SMILES string of the molecule is Cc1ncc2cc(-c3ccc(-c4cccnc4C)cc3Cl)c(=O)[nH]c2n1. The first kappa shape index (κ1) is 16.4. The lowest BCUT2D eigenvalue weighted by Gasteiger charge is -2.09. The first-order valence-electron chi connectivity index (χ1n) is 8.11. The van der Waals surface area contributed by atoms with Gasteiger partial charge in [0.2, 0.25) is 0 Å². The molecule has 0 spiro atoms. The van der Waals surface area contributed by atoms with Gasteiger partial charge in [-0.05, 0) is 37.6 Å². The number of H-pyrrole nitrogens is 1. The standard InChI is InChI=1S/C20H15ClN4O/c1-11-15(4-3-7-22-11)13-5-6-16(18(21)9-13)17-8-14-10-23-12(2)24-19(14)25-20(17)26/h3-10H,1-2H3,(H,23,24,25,26). The second kappa shape index (κ2) is 6.35. The molecular formula is C20H15ClN4O. The lowest BCUT2D eigenvalue weighted by Crippen LogP contribution is -2.10. The molecule has 0 radical (unpaired) electrons. The smallest absolute Gasteiger partial charge is 0.257 e. The maximum Gasteiger partial charge on any atom is 0.257 e. The molecule has 128 valence electrons. The quantitative estimate of drug-likeness (QED) is 0.576. The Kier molecular flexibility index (Phi) is 4.01. The monoisotopic (exact) mass is 362 g/mol. The highest BCUT2D eigenvalue weighted by molar-refractivity contribution is 6.33. The van der Waals surface area contributed by atoms with Gasteiger partial charge in [-0.2, -0.15) is 0 Å². The summed E-state index contributed by atoms with van der Waals surface area (Å²) in [5.74, 6) is 0.607. The number of nitrogens with zero attached hydrogens (tertiary/aromatic N) is 3. The van der Waals surface area contributed by atoms with Crippen molar-refractivity contribution in [3.8, 4) is 22.3 Å². The van der Waals surface area contributed by atoms with Crippen molar-refractivity contribution in [2.24, 2.45) is 0 Å². The molecule has 0 aliphatic carbocycles. The molecule has 4 rings (SSSR count). The zero-order valence-corrected chi connectivity index (χ0v) is 15.0. The molecule has 0 atom stereocenters. The van der Waals surface area contributed by atoms with Crippen molar-refractivity contribution in [1.29, 1.82) is 0 Å². The zero-order chi connectivity index (χ0) is 18.3. The van der Waals surface area contributed by atoms with Crippen molar-refractivity contribution in [2.75, 3.05) is 0 Å². The predicted octanol–water partition coefficient (Wildman–Crippen LogP) is 4.32. The van der Waals surface area contributed by atoms with Crippen LogP contribution >= 0.6 is 11.6 Å². The van der Waals surface area contributed by atoms with Gasteiger partial charge in [-0.3, -0.25) is 9.78 Å². The highest BCUT2D eigenvalue weighted by Crippen LogP contribution is 2.32. The molecule has 0 saturated carbocycles. The number of rotatable bonds is 2. The van der Waals surface area contributed by atoms with E-state index >= 15 is 0 Å². The number of hydrogen-bond donors (Lipinski definition) is 1. The molecule has 0 fully saturated rings. The van der Waals surface area contributed by atoms with Crippen LogP contribution in [0.1, 0.15) is 11.5 Å². The first-order chi connectivity index (χ1) is 12.5. The number of nitrogens with one attached hydrogen (secondary N) is 1. The van der Waals surface area contributed by atoms with Gasteiger partial charge in [-0.15, -0.1) is 0 Å². The highest BCUT2D eigenvalue weighted by Gasteiger charge is 2.12. The number of fused-ring (bicyclic) bond motifs is 1. The van der Waals surface area contributed by atoms with Crippen LogP contribution in [-0.2, 0) is 0 Å². The van der Waals surface area contributed by atoms with Crippen LogP contribution in [0, 0.1) is 13.8 Å². The summed E-state index contributed by atoms with van der Waals surface area (Å²) in [5.41, 5.74) is 4.34. The van der Waals surface area contributed by atoms with Gasteiger partial charge in [0.25, 0.3) is 5.56 Å². The highest BCUT2D eigenvalue weighted by atomic mass is 35.5. The van der Waals surface area contributed by atoms with E-state index in [4.69, 9.17) is 11.6 Å². The fourth-order valence-corrected chi connectivity index (χ4v) is 3.25. The van der Waals surface area contributed by atoms with Crippen LogP contribution in [0.3, 0.4) is 0 Å². The van der Waals surface area contributed by atoms with Gasteiger partial charge in [0.05, 0.1) is 0 Å². The second-order valence-electron chi connectivity index (χ2n) is 6.06. The lowest BCUT2D eigenvalue weighted by atomic mass is 10.00. The average Bonchev–Trinajstić information content (AvgIpc) is 2.62. The minimum absolute atomic E-state index is 0.234. The largest absolute Gasteiger partial charge is 0.306 e. The topological polar surface area (TPSA) is 71.5 Å². The Balaban J connectivity index is 1.85. The third kappa shape index (κ3) is 2.86. The van der Waals surface area contributed by atoms with Crippen LogP contribution in [0.5, 0.6) is 0 Å². The van der Waals surface area contributed by atoms with Crippen LogP contribution < -0.4 is 5.56 Å². The molecule has 0 saturated heterocycles. The van der Waals surface area contributed by atoms with Gasteiger partial charge in [-0.25, -0.2) is 9.97 Å². The Morgan fingerprint density at radius 3 is 2.62 bits per heavy atom. The Morgan fingerprint density at radius 2 is 1.85 bits per heavy atom. The number of aromatic amines is 1. The maximum absolute atomic E-state index is 12.5. The Hall–Kier alpha value is -3.05. The Bertz CT molecular complexity index is 1200. The molecule has 6 heteroatoms. The Labute approximate surface area is 154 Å². The van der Waals surface area contributed by atoms with Crippen molar-refractivity contribution >= 4 is 22.6 Å². The molecule has 0 aliphatic rings. The third-order valence-corrected chi connectivity index (χ3v) is 4.60. The minimum Gasteiger partial charge on any atom is -0.306 e. The molecule has 0 amide bonds. The van der Waals surface area contributed by atoms with E-state index in [-0.39, 0.29) is 5.56 Å². The van der Waals surface area contributed by atoms with Crippen LogP contribution in [0.25, 0.3) is 33.3 Å². The molecule has 3 heterocycles. The van der Waals surface area contributed by atoms with Crippen LogP contribution in [-0.4, -0.2) is 19.9 Å². The molecule has 0 aliphatic heterocycles. The normalized spacial score (nSPS) is 11.0. The van der Waals surface area contributed by atoms with E-state index in [1.54, 1.807) is 25.4 Å². The summed E-state index contributed by atoms with van der Waals surface area (Å²) in [6.07, 6.45) is 3.45. The fourth-order valence-electron chi connectivity index (χ4n) is 2.97. The summed E-state index contributed by atoms with van der Waals surface area (Å²) in [6, 6.07) is 11.3. The van der Waals surface area contributed by atoms with E-state index in [2.05, 4.69) is 19.9 Å². The van der Waals surface area contributed by atoms with Crippen LogP contribution in [0.4, 0.5) is 0 Å². The van der Waals surface area contributed by atoms with Gasteiger partial charge >= 0.3 is 0 Å². The van der Waals surface area contributed by atoms with E-state index in [0.29, 0.717) is 27.6 Å². The molecule has 1 aromatic carbocycles. The number of aryl methyl sites for hydroxylation is 2. The molecule has 4 aromatic rings. The number of hydrogen-bond acceptors (Lipinski definition) is 4. The van der Waals surface area contributed by atoms with E-state index < -0.39 is 0 Å². The molecule has 26 heavy (non-hydrogen) atoms. The number of benzene rings is 1. The van der Waals surface area contributed by atoms with E-state index in [0.717, 1.165) is 22.2 Å². The van der Waals surface area contributed by atoms with Gasteiger partial charge in [0.15, 0.2) is 0 Å². The van der Waals surface area contributed by atoms with Crippen molar-refractivity contribution in [3.63, 3.8) is 0 Å². The van der Waals surface area contributed by atoms with Gasteiger partial charge in [0.1, 0.15) is 11.5 Å². The summed E-state index contributed by atoms with van der Waals surface area (Å²) >= 11 is 6.51. The van der Waals surface area contributed by atoms with Crippen LogP contribution in [0.15, 0.2) is 53.6 Å². The van der Waals surface area contributed by atoms with Crippen molar-refractivity contribution < 1.29 is 0 Å². The van der Waals surface area contributed by atoms with E-state index in [1.807, 2.05) is 37.3 Å². The molecule has 0 unspecified atom stereocenters. The zero-order valence-electron chi connectivity index (χ0n) is 14.2. The third-order valence-electron chi connectivity index (χ3n) is 4.29.